The van der Waals surface area contributed by atoms with Crippen molar-refractivity contribution in [2.45, 2.75) is 13.0 Å². The molecule has 1 fully saturated rings. The van der Waals surface area contributed by atoms with Crippen LogP contribution < -0.4 is 5.32 Å². The predicted octanol–water partition coefficient (Wildman–Crippen LogP) is 3.21. The predicted molar refractivity (Wildman–Crippen MR) is 105 cm³/mol. The highest BCUT2D eigenvalue weighted by Gasteiger charge is 2.20. The van der Waals surface area contributed by atoms with Crippen LogP contribution in [0.2, 0.25) is 0 Å². The van der Waals surface area contributed by atoms with Gasteiger partial charge in [0.1, 0.15) is 0 Å². The van der Waals surface area contributed by atoms with Crippen LogP contribution in [0.15, 0.2) is 48.5 Å². The third-order valence-corrected chi connectivity index (χ3v) is 4.67. The standard InChI is InChI=1S/C20H21N5O3/c21-14-16-5-7-17(8-6-16)15-23-9-2-10-24(12-11-23)20(26)22-18-3-1-4-19(13-18)25(27)28/h1,3-8,13H,2,9-12,15H2,(H,22,26). The number of nitriles is 1. The van der Waals surface area contributed by atoms with Gasteiger partial charge < -0.3 is 10.2 Å². The van der Waals surface area contributed by atoms with Gasteiger partial charge in [-0.05, 0) is 30.2 Å². The molecular weight excluding hydrogens is 358 g/mol. The maximum absolute atomic E-state index is 12.5. The van der Waals surface area contributed by atoms with Gasteiger partial charge in [0, 0.05) is 50.5 Å². The van der Waals surface area contributed by atoms with E-state index in [-0.39, 0.29) is 11.7 Å². The van der Waals surface area contributed by atoms with Crippen molar-refractivity contribution in [3.63, 3.8) is 0 Å². The molecule has 0 aromatic heterocycles. The van der Waals surface area contributed by atoms with Gasteiger partial charge in [0.15, 0.2) is 0 Å². The van der Waals surface area contributed by atoms with Gasteiger partial charge in [-0.3, -0.25) is 15.0 Å². The third kappa shape index (κ3) is 5.05. The van der Waals surface area contributed by atoms with Gasteiger partial charge in [-0.25, -0.2) is 4.79 Å². The van der Waals surface area contributed by atoms with Crippen molar-refractivity contribution in [2.75, 3.05) is 31.5 Å². The summed E-state index contributed by atoms with van der Waals surface area (Å²) >= 11 is 0. The number of nitro groups is 1. The van der Waals surface area contributed by atoms with E-state index in [0.29, 0.717) is 24.3 Å². The van der Waals surface area contributed by atoms with Gasteiger partial charge in [-0.1, -0.05) is 18.2 Å². The number of nitrogens with zero attached hydrogens (tertiary/aromatic N) is 4. The smallest absolute Gasteiger partial charge is 0.321 e. The Bertz CT molecular complexity index is 891. The van der Waals surface area contributed by atoms with E-state index in [2.05, 4.69) is 16.3 Å². The van der Waals surface area contributed by atoms with E-state index in [1.807, 2.05) is 24.3 Å². The molecule has 1 aliphatic rings. The first-order valence-corrected chi connectivity index (χ1v) is 9.07. The summed E-state index contributed by atoms with van der Waals surface area (Å²) in [6.45, 7) is 3.59. The highest BCUT2D eigenvalue weighted by molar-refractivity contribution is 5.89. The molecule has 2 aromatic carbocycles. The Morgan fingerprint density at radius 2 is 1.93 bits per heavy atom. The number of amides is 2. The molecule has 0 saturated carbocycles. The van der Waals surface area contributed by atoms with Crippen LogP contribution in [0.4, 0.5) is 16.2 Å². The van der Waals surface area contributed by atoms with Crippen molar-refractivity contribution in [3.8, 4) is 6.07 Å². The molecule has 8 heteroatoms. The lowest BCUT2D eigenvalue weighted by atomic mass is 10.1. The molecule has 0 unspecified atom stereocenters. The number of urea groups is 1. The number of anilines is 1. The maximum atomic E-state index is 12.5. The number of benzene rings is 2. The molecule has 1 N–H and O–H groups in total. The molecular formula is C20H21N5O3. The molecule has 1 heterocycles. The fourth-order valence-electron chi connectivity index (χ4n) is 3.17. The third-order valence-electron chi connectivity index (χ3n) is 4.67. The van der Waals surface area contributed by atoms with Crippen molar-refractivity contribution in [1.82, 2.24) is 9.80 Å². The summed E-state index contributed by atoms with van der Waals surface area (Å²) in [6, 6.07) is 15.3. The summed E-state index contributed by atoms with van der Waals surface area (Å²) in [4.78, 5) is 26.9. The molecule has 3 rings (SSSR count). The van der Waals surface area contributed by atoms with Gasteiger partial charge in [-0.15, -0.1) is 0 Å². The molecule has 1 saturated heterocycles. The zero-order valence-corrected chi connectivity index (χ0v) is 15.4. The summed E-state index contributed by atoms with van der Waals surface area (Å²) in [5.74, 6) is 0. The molecule has 1 aliphatic heterocycles. The summed E-state index contributed by atoms with van der Waals surface area (Å²) in [7, 11) is 0. The Kier molecular flexibility index (Phi) is 6.19. The highest BCUT2D eigenvalue weighted by Crippen LogP contribution is 2.18. The summed E-state index contributed by atoms with van der Waals surface area (Å²) < 4.78 is 0. The minimum atomic E-state index is -0.484. The second-order valence-electron chi connectivity index (χ2n) is 6.66. The van der Waals surface area contributed by atoms with Crippen LogP contribution in [0.3, 0.4) is 0 Å². The van der Waals surface area contributed by atoms with Crippen LogP contribution in [0.1, 0.15) is 17.5 Å². The van der Waals surface area contributed by atoms with Crippen LogP contribution in [-0.4, -0.2) is 46.9 Å². The van der Waals surface area contributed by atoms with Gasteiger partial charge in [0.25, 0.3) is 5.69 Å². The fraction of sp³-hybridized carbons (Fsp3) is 0.300. The van der Waals surface area contributed by atoms with E-state index in [1.54, 1.807) is 17.0 Å². The number of nitro benzene ring substituents is 1. The molecule has 0 atom stereocenters. The average Bonchev–Trinajstić information content (AvgIpc) is 2.94. The number of hydrogen-bond donors (Lipinski definition) is 1. The lowest BCUT2D eigenvalue weighted by Crippen LogP contribution is -2.38. The Morgan fingerprint density at radius 1 is 1.14 bits per heavy atom. The van der Waals surface area contributed by atoms with Gasteiger partial charge in [-0.2, -0.15) is 5.26 Å². The largest absolute Gasteiger partial charge is 0.323 e. The van der Waals surface area contributed by atoms with Gasteiger partial charge in [0.2, 0.25) is 0 Å². The molecule has 28 heavy (non-hydrogen) atoms. The number of hydrogen-bond acceptors (Lipinski definition) is 5. The lowest BCUT2D eigenvalue weighted by molar-refractivity contribution is -0.384. The maximum Gasteiger partial charge on any atom is 0.321 e. The van der Waals surface area contributed by atoms with E-state index in [1.165, 1.54) is 12.1 Å². The summed E-state index contributed by atoms with van der Waals surface area (Å²) in [5.41, 5.74) is 2.14. The molecule has 0 aliphatic carbocycles. The van der Waals surface area contributed by atoms with Gasteiger partial charge >= 0.3 is 6.03 Å². The quantitative estimate of drug-likeness (QED) is 0.649. The SMILES string of the molecule is N#Cc1ccc(CN2CCCN(C(=O)Nc3cccc([N+](=O)[O-])c3)CC2)cc1. The van der Waals surface area contributed by atoms with E-state index in [0.717, 1.165) is 31.6 Å². The van der Waals surface area contributed by atoms with Crippen molar-refractivity contribution >= 4 is 17.4 Å². The van der Waals surface area contributed by atoms with E-state index < -0.39 is 4.92 Å². The highest BCUT2D eigenvalue weighted by atomic mass is 16.6. The molecule has 0 radical (unpaired) electrons. The van der Waals surface area contributed by atoms with E-state index in [4.69, 9.17) is 5.26 Å². The topological polar surface area (TPSA) is 103 Å². The summed E-state index contributed by atoms with van der Waals surface area (Å²) in [6.07, 6.45) is 0.846. The van der Waals surface area contributed by atoms with Crippen LogP contribution in [-0.2, 0) is 6.54 Å². The van der Waals surface area contributed by atoms with E-state index in [9.17, 15) is 14.9 Å². The minimum absolute atomic E-state index is 0.0535. The number of non-ortho nitro benzene ring substituents is 1. The first-order valence-electron chi connectivity index (χ1n) is 9.07. The van der Waals surface area contributed by atoms with Crippen molar-refractivity contribution in [1.29, 1.82) is 5.26 Å². The monoisotopic (exact) mass is 379 g/mol. The van der Waals surface area contributed by atoms with E-state index >= 15 is 0 Å². The normalized spacial score (nSPS) is 14.8. The second-order valence-corrected chi connectivity index (χ2v) is 6.66. The zero-order chi connectivity index (χ0) is 19.9. The Labute approximate surface area is 163 Å². The minimum Gasteiger partial charge on any atom is -0.323 e. The number of nitrogens with one attached hydrogen (secondary N) is 1. The number of carbonyl (C=O) groups excluding carboxylic acids is 1. The zero-order valence-electron chi connectivity index (χ0n) is 15.4. The van der Waals surface area contributed by atoms with Crippen LogP contribution in [0.5, 0.6) is 0 Å². The number of carbonyl (C=O) groups is 1. The van der Waals surface area contributed by atoms with Crippen molar-refractivity contribution < 1.29 is 9.72 Å². The average molecular weight is 379 g/mol. The molecule has 2 amide bonds. The second kappa shape index (κ2) is 8.97. The molecule has 144 valence electrons. The van der Waals surface area contributed by atoms with Crippen LogP contribution in [0, 0.1) is 21.4 Å². The first-order chi connectivity index (χ1) is 13.5. The number of rotatable bonds is 4. The molecule has 0 bridgehead atoms. The lowest BCUT2D eigenvalue weighted by Gasteiger charge is -2.22. The van der Waals surface area contributed by atoms with Gasteiger partial charge in [0.05, 0.1) is 16.6 Å². The Balaban J connectivity index is 1.55. The molecule has 8 nitrogen and oxygen atoms in total. The summed E-state index contributed by atoms with van der Waals surface area (Å²) in [5, 5.41) is 22.5. The Morgan fingerprint density at radius 3 is 2.64 bits per heavy atom. The molecule has 0 spiro atoms. The van der Waals surface area contributed by atoms with Crippen LogP contribution in [0.25, 0.3) is 0 Å². The fourth-order valence-corrected chi connectivity index (χ4v) is 3.17. The first kappa shape index (κ1) is 19.3. The van der Waals surface area contributed by atoms with Crippen LogP contribution >= 0.6 is 0 Å². The molecule has 2 aromatic rings. The van der Waals surface area contributed by atoms with Crippen molar-refractivity contribution in [3.05, 3.63) is 69.8 Å². The Hall–Kier alpha value is -3.44. The van der Waals surface area contributed by atoms with Crippen molar-refractivity contribution in [2.24, 2.45) is 0 Å².